The molecule has 0 bridgehead atoms. The number of nitrogens with one attached hydrogen (secondary N) is 1. The van der Waals surface area contributed by atoms with Crippen molar-refractivity contribution in [1.82, 2.24) is 10.2 Å². The smallest absolute Gasteiger partial charge is 0.267 e. The van der Waals surface area contributed by atoms with Crippen LogP contribution in [0, 0.1) is 6.92 Å². The van der Waals surface area contributed by atoms with E-state index in [1.807, 2.05) is 30.3 Å². The molecule has 3 aromatic rings. The Balaban J connectivity index is 2.41. The number of fused-ring (bicyclic) bond motifs is 1. The van der Waals surface area contributed by atoms with Gasteiger partial charge in [-0.3, -0.25) is 4.79 Å². The molecular formula is C15H12N2O. The fourth-order valence-electron chi connectivity index (χ4n) is 2.23. The van der Waals surface area contributed by atoms with E-state index in [9.17, 15) is 4.79 Å². The molecule has 88 valence electrons. The third kappa shape index (κ3) is 1.61. The van der Waals surface area contributed by atoms with Crippen LogP contribution in [0.1, 0.15) is 5.56 Å². The predicted molar refractivity (Wildman–Crippen MR) is 72.5 cm³/mol. The average Bonchev–Trinajstić information content (AvgIpc) is 2.40. The van der Waals surface area contributed by atoms with Crippen molar-refractivity contribution >= 4 is 10.8 Å². The van der Waals surface area contributed by atoms with E-state index in [0.717, 1.165) is 16.5 Å². The summed E-state index contributed by atoms with van der Waals surface area (Å²) in [6.45, 7) is 2.06. The van der Waals surface area contributed by atoms with Crippen LogP contribution in [-0.4, -0.2) is 10.2 Å². The van der Waals surface area contributed by atoms with Crippen molar-refractivity contribution in [2.45, 2.75) is 6.92 Å². The molecule has 0 saturated carbocycles. The van der Waals surface area contributed by atoms with Crippen LogP contribution in [0.4, 0.5) is 0 Å². The van der Waals surface area contributed by atoms with Gasteiger partial charge in [0.05, 0.1) is 11.6 Å². The third-order valence-electron chi connectivity index (χ3n) is 3.15. The molecule has 2 aromatic carbocycles. The van der Waals surface area contributed by atoms with Gasteiger partial charge in [-0.15, -0.1) is 0 Å². The lowest BCUT2D eigenvalue weighted by Gasteiger charge is -2.08. The zero-order chi connectivity index (χ0) is 12.5. The third-order valence-corrected chi connectivity index (χ3v) is 3.15. The Hall–Kier alpha value is -2.42. The van der Waals surface area contributed by atoms with E-state index in [0.29, 0.717) is 5.39 Å². The Kier molecular flexibility index (Phi) is 2.45. The van der Waals surface area contributed by atoms with Gasteiger partial charge >= 0.3 is 0 Å². The number of hydrogen-bond donors (Lipinski definition) is 1. The number of aromatic amines is 1. The second kappa shape index (κ2) is 4.11. The number of nitrogens with zero attached hydrogens (tertiary/aromatic N) is 1. The van der Waals surface area contributed by atoms with Crippen molar-refractivity contribution in [1.29, 1.82) is 0 Å². The molecule has 0 aliphatic rings. The van der Waals surface area contributed by atoms with E-state index in [1.54, 1.807) is 6.20 Å². The van der Waals surface area contributed by atoms with Crippen LogP contribution in [-0.2, 0) is 0 Å². The van der Waals surface area contributed by atoms with E-state index >= 15 is 0 Å². The molecule has 1 aromatic heterocycles. The van der Waals surface area contributed by atoms with Crippen molar-refractivity contribution in [3.63, 3.8) is 0 Å². The molecule has 0 aliphatic carbocycles. The first-order valence-corrected chi connectivity index (χ1v) is 5.80. The molecule has 0 spiro atoms. The average molecular weight is 236 g/mol. The molecule has 1 heterocycles. The van der Waals surface area contributed by atoms with E-state index in [-0.39, 0.29) is 5.56 Å². The van der Waals surface area contributed by atoms with Crippen molar-refractivity contribution in [3.05, 3.63) is 64.6 Å². The van der Waals surface area contributed by atoms with Gasteiger partial charge in [-0.1, -0.05) is 36.4 Å². The van der Waals surface area contributed by atoms with E-state index in [1.165, 1.54) is 5.56 Å². The minimum absolute atomic E-state index is 0.150. The van der Waals surface area contributed by atoms with Gasteiger partial charge in [0.15, 0.2) is 0 Å². The SMILES string of the molecule is Cc1ccccc1-c1cccc2c(=O)[nH]ncc12. The van der Waals surface area contributed by atoms with Crippen LogP contribution in [0.5, 0.6) is 0 Å². The zero-order valence-corrected chi connectivity index (χ0v) is 9.97. The summed E-state index contributed by atoms with van der Waals surface area (Å²) in [6.07, 6.45) is 1.71. The molecule has 0 fully saturated rings. The van der Waals surface area contributed by atoms with Gasteiger partial charge in [-0.05, 0) is 29.7 Å². The summed E-state index contributed by atoms with van der Waals surface area (Å²) in [5, 5.41) is 7.91. The Bertz CT molecular complexity index is 775. The van der Waals surface area contributed by atoms with E-state index in [4.69, 9.17) is 0 Å². The zero-order valence-electron chi connectivity index (χ0n) is 9.97. The molecular weight excluding hydrogens is 224 g/mol. The first-order valence-electron chi connectivity index (χ1n) is 5.80. The lowest BCUT2D eigenvalue weighted by atomic mass is 9.97. The molecule has 3 heteroatoms. The molecule has 0 amide bonds. The maximum absolute atomic E-state index is 11.7. The quantitative estimate of drug-likeness (QED) is 0.706. The van der Waals surface area contributed by atoms with Crippen molar-refractivity contribution in [3.8, 4) is 11.1 Å². The minimum Gasteiger partial charge on any atom is -0.267 e. The second-order valence-corrected chi connectivity index (χ2v) is 4.28. The monoisotopic (exact) mass is 236 g/mol. The first kappa shape index (κ1) is 10.7. The fraction of sp³-hybridized carbons (Fsp3) is 0.0667. The molecule has 0 unspecified atom stereocenters. The molecule has 18 heavy (non-hydrogen) atoms. The largest absolute Gasteiger partial charge is 0.272 e. The maximum atomic E-state index is 11.7. The summed E-state index contributed by atoms with van der Waals surface area (Å²) in [7, 11) is 0. The highest BCUT2D eigenvalue weighted by Crippen LogP contribution is 2.28. The fourth-order valence-corrected chi connectivity index (χ4v) is 2.23. The molecule has 3 nitrogen and oxygen atoms in total. The van der Waals surface area contributed by atoms with Gasteiger partial charge in [0, 0.05) is 5.39 Å². The standard InChI is InChI=1S/C15H12N2O/c1-10-5-2-3-6-11(10)12-7-4-8-13-14(12)9-16-17-15(13)18/h2-9H,1H3,(H,17,18). The summed E-state index contributed by atoms with van der Waals surface area (Å²) in [4.78, 5) is 11.7. The summed E-state index contributed by atoms with van der Waals surface area (Å²) in [5.74, 6) is 0. The van der Waals surface area contributed by atoms with Gasteiger partial charge in [0.25, 0.3) is 5.56 Å². The number of benzene rings is 2. The summed E-state index contributed by atoms with van der Waals surface area (Å²) >= 11 is 0. The summed E-state index contributed by atoms with van der Waals surface area (Å²) in [6, 6.07) is 13.9. The van der Waals surface area contributed by atoms with Crippen LogP contribution in [0.15, 0.2) is 53.5 Å². The van der Waals surface area contributed by atoms with Gasteiger partial charge in [0.2, 0.25) is 0 Å². The minimum atomic E-state index is -0.150. The second-order valence-electron chi connectivity index (χ2n) is 4.28. The molecule has 0 radical (unpaired) electrons. The number of hydrogen-bond acceptors (Lipinski definition) is 2. The topological polar surface area (TPSA) is 45.8 Å². The predicted octanol–water partition coefficient (Wildman–Crippen LogP) is 2.90. The van der Waals surface area contributed by atoms with Crippen LogP contribution in [0.3, 0.4) is 0 Å². The maximum Gasteiger partial charge on any atom is 0.272 e. The van der Waals surface area contributed by atoms with Gasteiger partial charge in [-0.25, -0.2) is 5.10 Å². The number of rotatable bonds is 1. The Morgan fingerprint density at radius 3 is 2.56 bits per heavy atom. The molecule has 0 atom stereocenters. The highest BCUT2D eigenvalue weighted by Gasteiger charge is 2.07. The van der Waals surface area contributed by atoms with Gasteiger partial charge in [0.1, 0.15) is 0 Å². The van der Waals surface area contributed by atoms with Crippen molar-refractivity contribution in [2.24, 2.45) is 0 Å². The molecule has 3 rings (SSSR count). The summed E-state index contributed by atoms with van der Waals surface area (Å²) in [5.41, 5.74) is 3.22. The number of aryl methyl sites for hydroxylation is 1. The van der Waals surface area contributed by atoms with Crippen LogP contribution < -0.4 is 5.56 Å². The number of H-pyrrole nitrogens is 1. The van der Waals surface area contributed by atoms with Crippen molar-refractivity contribution in [2.75, 3.05) is 0 Å². The van der Waals surface area contributed by atoms with E-state index < -0.39 is 0 Å². The lowest BCUT2D eigenvalue weighted by Crippen LogP contribution is -2.07. The van der Waals surface area contributed by atoms with Gasteiger partial charge < -0.3 is 0 Å². The molecule has 0 saturated heterocycles. The van der Waals surface area contributed by atoms with Gasteiger partial charge in [-0.2, -0.15) is 5.10 Å². The Morgan fingerprint density at radius 2 is 1.72 bits per heavy atom. The molecule has 0 aliphatic heterocycles. The molecule has 1 N–H and O–H groups in total. The highest BCUT2D eigenvalue weighted by atomic mass is 16.1. The van der Waals surface area contributed by atoms with Crippen LogP contribution in [0.25, 0.3) is 21.9 Å². The Labute approximate surface area is 104 Å². The van der Waals surface area contributed by atoms with Crippen LogP contribution >= 0.6 is 0 Å². The highest BCUT2D eigenvalue weighted by molar-refractivity contribution is 5.96. The Morgan fingerprint density at radius 1 is 0.944 bits per heavy atom. The van der Waals surface area contributed by atoms with Crippen LogP contribution in [0.2, 0.25) is 0 Å². The van der Waals surface area contributed by atoms with E-state index in [2.05, 4.69) is 29.3 Å². The number of aromatic nitrogens is 2. The summed E-state index contributed by atoms with van der Waals surface area (Å²) < 4.78 is 0. The lowest BCUT2D eigenvalue weighted by molar-refractivity contribution is 1.01. The first-order chi connectivity index (χ1) is 8.77. The normalized spacial score (nSPS) is 10.7. The van der Waals surface area contributed by atoms with Crippen molar-refractivity contribution < 1.29 is 0 Å².